The average Bonchev–Trinajstić information content (AvgIpc) is 3.15. The molecule has 0 amide bonds. The maximum Gasteiger partial charge on any atom is 0.340 e. The van der Waals surface area contributed by atoms with Crippen molar-refractivity contribution < 1.29 is 27.5 Å². The van der Waals surface area contributed by atoms with E-state index in [0.29, 0.717) is 34.3 Å². The van der Waals surface area contributed by atoms with Crippen LogP contribution in [0, 0.1) is 0 Å². The number of nitrogens with zero attached hydrogens (tertiary/aromatic N) is 2. The monoisotopic (exact) mass is 444 g/mol. The maximum atomic E-state index is 12.9. The third-order valence-electron chi connectivity index (χ3n) is 4.90. The van der Waals surface area contributed by atoms with Gasteiger partial charge in [-0.25, -0.2) is 13.2 Å². The van der Waals surface area contributed by atoms with Crippen molar-refractivity contribution in [3.05, 3.63) is 60.3 Å². The van der Waals surface area contributed by atoms with Gasteiger partial charge in [0.15, 0.2) is 0 Å². The van der Waals surface area contributed by atoms with E-state index in [9.17, 15) is 18.0 Å². The van der Waals surface area contributed by atoms with Crippen LogP contribution in [0.1, 0.15) is 28.0 Å². The lowest BCUT2D eigenvalue weighted by atomic mass is 10.2. The highest BCUT2D eigenvalue weighted by Crippen LogP contribution is 2.24. The van der Waals surface area contributed by atoms with Gasteiger partial charge in [0.1, 0.15) is 5.75 Å². The Morgan fingerprint density at radius 3 is 2.32 bits per heavy atom. The van der Waals surface area contributed by atoms with E-state index >= 15 is 0 Å². The van der Waals surface area contributed by atoms with Gasteiger partial charge in [-0.05, 0) is 36.8 Å². The summed E-state index contributed by atoms with van der Waals surface area (Å²) >= 11 is 0. The van der Waals surface area contributed by atoms with Crippen molar-refractivity contribution in [1.29, 1.82) is 0 Å². The number of aromatic nitrogens is 1. The van der Waals surface area contributed by atoms with Crippen molar-refractivity contribution in [2.24, 2.45) is 0 Å². The summed E-state index contributed by atoms with van der Waals surface area (Å²) in [5.41, 5.74) is 1.40. The number of hydrogen-bond donors (Lipinski definition) is 0. The minimum absolute atomic E-state index is 0.0987. The van der Waals surface area contributed by atoms with Gasteiger partial charge in [-0.2, -0.15) is 0 Å². The molecule has 0 bridgehead atoms. The summed E-state index contributed by atoms with van der Waals surface area (Å²) in [7, 11) is -0.712. The van der Waals surface area contributed by atoms with Crippen LogP contribution in [-0.2, 0) is 14.8 Å². The molecule has 3 aromatic rings. The normalized spacial score (nSPS) is 11.3. The summed E-state index contributed by atoms with van der Waals surface area (Å²) in [6.07, 6.45) is 3.00. The number of para-hydroxylation sites is 1. The number of rotatable bonds is 8. The van der Waals surface area contributed by atoms with Gasteiger partial charge in [0.2, 0.25) is 15.9 Å². The smallest absolute Gasteiger partial charge is 0.340 e. The van der Waals surface area contributed by atoms with Crippen LogP contribution in [-0.4, -0.2) is 51.9 Å². The molecule has 1 aromatic heterocycles. The van der Waals surface area contributed by atoms with Crippen LogP contribution >= 0.6 is 0 Å². The lowest BCUT2D eigenvalue weighted by Gasteiger charge is -2.22. The Balaban J connectivity index is 1.77. The van der Waals surface area contributed by atoms with Gasteiger partial charge in [0.25, 0.3) is 0 Å². The van der Waals surface area contributed by atoms with E-state index in [2.05, 4.69) is 0 Å². The van der Waals surface area contributed by atoms with Gasteiger partial charge in [-0.15, -0.1) is 0 Å². The number of carbonyl (C=O) groups excluding carboxylic acids is 2. The number of fused-ring (bicyclic) bond motifs is 1. The van der Waals surface area contributed by atoms with Gasteiger partial charge < -0.3 is 9.47 Å². The molecule has 9 heteroatoms. The molecule has 0 saturated carbocycles. The number of carbonyl (C=O) groups is 2. The lowest BCUT2D eigenvalue weighted by molar-refractivity contribution is 0.0603. The number of esters is 1. The summed E-state index contributed by atoms with van der Waals surface area (Å²) in [5.74, 6) is -0.145. The molecule has 0 aliphatic heterocycles. The number of sulfonamides is 1. The topological polar surface area (TPSA) is 94.9 Å². The molecule has 0 spiro atoms. The Labute approximate surface area is 181 Å². The summed E-state index contributed by atoms with van der Waals surface area (Å²) in [5, 5.41) is 0.624. The molecule has 31 heavy (non-hydrogen) atoms. The molecule has 0 N–H and O–H groups in total. The van der Waals surface area contributed by atoms with Crippen LogP contribution in [0.4, 0.5) is 5.69 Å². The van der Waals surface area contributed by atoms with E-state index in [1.807, 2.05) is 0 Å². The second-order valence-corrected chi connectivity index (χ2v) is 8.86. The second kappa shape index (κ2) is 9.22. The molecule has 8 nitrogen and oxygen atoms in total. The lowest BCUT2D eigenvalue weighted by Crippen LogP contribution is -2.31. The number of benzene rings is 2. The fraction of sp³-hybridized carbons (Fsp3) is 0.273. The highest BCUT2D eigenvalue weighted by molar-refractivity contribution is 7.92. The van der Waals surface area contributed by atoms with Gasteiger partial charge in [-0.3, -0.25) is 13.7 Å². The van der Waals surface area contributed by atoms with Crippen LogP contribution in [0.5, 0.6) is 5.75 Å². The van der Waals surface area contributed by atoms with E-state index in [-0.39, 0.29) is 18.9 Å². The van der Waals surface area contributed by atoms with Crippen LogP contribution in [0.2, 0.25) is 0 Å². The largest absolute Gasteiger partial charge is 0.497 e. The van der Waals surface area contributed by atoms with Crippen molar-refractivity contribution in [3.8, 4) is 5.75 Å². The molecule has 0 saturated heterocycles. The third-order valence-corrected chi connectivity index (χ3v) is 6.09. The Morgan fingerprint density at radius 2 is 1.71 bits per heavy atom. The molecular formula is C22H24N2O6S. The number of ether oxygens (including phenoxy) is 2. The Hall–Kier alpha value is -3.33. The standard InChI is InChI=1S/C22H24N2O6S/c1-29-17-12-10-16(11-13-17)24(31(3,27)28)14-6-9-21(25)23-15-19(22(26)30-2)18-7-4-5-8-20(18)23/h4-5,7-8,10-13,15H,6,9,14H2,1-3H3. The van der Waals surface area contributed by atoms with E-state index < -0.39 is 16.0 Å². The van der Waals surface area contributed by atoms with E-state index in [1.165, 1.54) is 29.3 Å². The molecule has 0 fully saturated rings. The summed E-state index contributed by atoms with van der Waals surface area (Å²) < 4.78 is 37.1. The van der Waals surface area contributed by atoms with Crippen molar-refractivity contribution in [1.82, 2.24) is 4.57 Å². The third kappa shape index (κ3) is 4.88. The highest BCUT2D eigenvalue weighted by Gasteiger charge is 2.20. The van der Waals surface area contributed by atoms with Crippen LogP contribution in [0.3, 0.4) is 0 Å². The summed E-state index contributed by atoms with van der Waals surface area (Å²) in [6.45, 7) is 0.139. The van der Waals surface area contributed by atoms with Gasteiger partial charge >= 0.3 is 5.97 Å². The minimum Gasteiger partial charge on any atom is -0.497 e. The fourth-order valence-corrected chi connectivity index (χ4v) is 4.35. The molecule has 2 aromatic carbocycles. The predicted octanol–water partition coefficient (Wildman–Crippen LogP) is 3.32. The molecule has 3 rings (SSSR count). The molecule has 0 atom stereocenters. The molecule has 164 valence electrons. The van der Waals surface area contributed by atoms with Crippen molar-refractivity contribution in [3.63, 3.8) is 0 Å². The molecule has 0 aliphatic carbocycles. The zero-order valence-corrected chi connectivity index (χ0v) is 18.4. The number of methoxy groups -OCH3 is 2. The molecule has 0 aliphatic rings. The van der Waals surface area contributed by atoms with Gasteiger partial charge in [-0.1, -0.05) is 18.2 Å². The summed E-state index contributed by atoms with van der Waals surface area (Å²) in [4.78, 5) is 24.9. The van der Waals surface area contributed by atoms with Gasteiger partial charge in [0, 0.05) is 24.5 Å². The minimum atomic E-state index is -3.53. The Bertz CT molecular complexity index is 1200. The summed E-state index contributed by atoms with van der Waals surface area (Å²) in [6, 6.07) is 13.7. The number of hydrogen-bond acceptors (Lipinski definition) is 6. The predicted molar refractivity (Wildman–Crippen MR) is 118 cm³/mol. The average molecular weight is 445 g/mol. The number of anilines is 1. The first-order valence-corrected chi connectivity index (χ1v) is 11.4. The van der Waals surface area contributed by atoms with Crippen LogP contribution in [0.25, 0.3) is 10.9 Å². The SMILES string of the molecule is COC(=O)c1cn(C(=O)CCCN(c2ccc(OC)cc2)S(C)(=O)=O)c2ccccc12. The van der Waals surface area contributed by atoms with Crippen molar-refractivity contribution in [2.75, 3.05) is 31.3 Å². The maximum absolute atomic E-state index is 12.9. The first-order chi connectivity index (χ1) is 14.8. The quantitative estimate of drug-likeness (QED) is 0.495. The van der Waals surface area contributed by atoms with E-state index in [0.717, 1.165) is 6.26 Å². The van der Waals surface area contributed by atoms with Gasteiger partial charge in [0.05, 0.1) is 37.2 Å². The van der Waals surface area contributed by atoms with Crippen LogP contribution < -0.4 is 9.04 Å². The van der Waals surface area contributed by atoms with Crippen molar-refractivity contribution >= 4 is 38.5 Å². The Morgan fingerprint density at radius 1 is 1.03 bits per heavy atom. The molecular weight excluding hydrogens is 420 g/mol. The first kappa shape index (κ1) is 22.4. The Kier molecular flexibility index (Phi) is 6.65. The highest BCUT2D eigenvalue weighted by atomic mass is 32.2. The van der Waals surface area contributed by atoms with Crippen LogP contribution in [0.15, 0.2) is 54.7 Å². The van der Waals surface area contributed by atoms with Crippen molar-refractivity contribution in [2.45, 2.75) is 12.8 Å². The zero-order valence-electron chi connectivity index (χ0n) is 17.6. The molecule has 0 radical (unpaired) electrons. The molecule has 0 unspecified atom stereocenters. The zero-order chi connectivity index (χ0) is 22.6. The van der Waals surface area contributed by atoms with E-state index in [4.69, 9.17) is 9.47 Å². The fourth-order valence-electron chi connectivity index (χ4n) is 3.39. The molecule has 1 heterocycles. The second-order valence-electron chi connectivity index (χ2n) is 6.95. The van der Waals surface area contributed by atoms with E-state index in [1.54, 1.807) is 48.5 Å². The first-order valence-electron chi connectivity index (χ1n) is 9.59.